The van der Waals surface area contributed by atoms with E-state index in [9.17, 15) is 4.79 Å². The van der Waals surface area contributed by atoms with Gasteiger partial charge < -0.3 is 10.2 Å². The molecule has 2 amide bonds. The van der Waals surface area contributed by atoms with E-state index in [0.717, 1.165) is 50.3 Å². The Morgan fingerprint density at radius 1 is 1.19 bits per heavy atom. The van der Waals surface area contributed by atoms with Crippen LogP contribution in [0, 0.1) is 6.92 Å². The molecule has 1 unspecified atom stereocenters. The second-order valence-corrected chi connectivity index (χ2v) is 6.27. The molecule has 6 nitrogen and oxygen atoms in total. The van der Waals surface area contributed by atoms with Gasteiger partial charge >= 0.3 is 6.03 Å². The summed E-state index contributed by atoms with van der Waals surface area (Å²) in [5.74, 6) is 1.56. The van der Waals surface area contributed by atoms with Crippen LogP contribution in [0.2, 0.25) is 0 Å². The molecule has 2 aliphatic rings. The zero-order valence-electron chi connectivity index (χ0n) is 12.8. The molecule has 6 heteroatoms. The third kappa shape index (κ3) is 3.36. The standard InChI is InChI=1S/C15H25N5O/c1-11-16-14(19-18-11)13-9-5-6-10-20(13)15(21)17-12-7-3-2-4-8-12/h12-13H,2-10H2,1H3,(H,17,21)(H,16,18,19). The highest BCUT2D eigenvalue weighted by Gasteiger charge is 2.31. The number of likely N-dealkylation sites (tertiary alicyclic amines) is 1. The molecule has 1 aliphatic heterocycles. The monoisotopic (exact) mass is 291 g/mol. The Balaban J connectivity index is 1.66. The summed E-state index contributed by atoms with van der Waals surface area (Å²) < 4.78 is 0. The van der Waals surface area contributed by atoms with Crippen LogP contribution in [0.5, 0.6) is 0 Å². The van der Waals surface area contributed by atoms with Crippen molar-refractivity contribution >= 4 is 6.03 Å². The van der Waals surface area contributed by atoms with Crippen LogP contribution >= 0.6 is 0 Å². The molecule has 2 heterocycles. The first-order chi connectivity index (χ1) is 10.2. The molecule has 0 spiro atoms. The Hall–Kier alpha value is -1.59. The Labute approximate surface area is 125 Å². The molecule has 0 aromatic carbocycles. The SMILES string of the molecule is Cc1nc(C2CCCCN2C(=O)NC2CCCCC2)n[nH]1. The average molecular weight is 291 g/mol. The van der Waals surface area contributed by atoms with Gasteiger partial charge in [0.25, 0.3) is 0 Å². The van der Waals surface area contributed by atoms with E-state index in [2.05, 4.69) is 20.5 Å². The molecular weight excluding hydrogens is 266 g/mol. The summed E-state index contributed by atoms with van der Waals surface area (Å²) in [5, 5.41) is 10.4. The smallest absolute Gasteiger partial charge is 0.318 e. The number of carbonyl (C=O) groups excluding carboxylic acids is 1. The maximum atomic E-state index is 12.6. The number of aromatic nitrogens is 3. The molecular formula is C15H25N5O. The number of nitrogens with zero attached hydrogens (tertiary/aromatic N) is 3. The molecule has 3 rings (SSSR count). The number of hydrogen-bond acceptors (Lipinski definition) is 3. The molecule has 0 radical (unpaired) electrons. The number of carbonyl (C=O) groups is 1. The Morgan fingerprint density at radius 2 is 1.95 bits per heavy atom. The molecule has 2 N–H and O–H groups in total. The molecule has 1 saturated carbocycles. The quantitative estimate of drug-likeness (QED) is 0.879. The van der Waals surface area contributed by atoms with Gasteiger partial charge in [0, 0.05) is 12.6 Å². The van der Waals surface area contributed by atoms with Gasteiger partial charge in [0.2, 0.25) is 0 Å². The molecule has 1 atom stereocenters. The Kier molecular flexibility index (Phi) is 4.41. The molecule has 116 valence electrons. The van der Waals surface area contributed by atoms with E-state index in [1.807, 2.05) is 11.8 Å². The highest BCUT2D eigenvalue weighted by molar-refractivity contribution is 5.75. The summed E-state index contributed by atoms with van der Waals surface area (Å²) in [6.07, 6.45) is 9.14. The summed E-state index contributed by atoms with van der Waals surface area (Å²) in [6, 6.07) is 0.434. The number of nitrogens with one attached hydrogen (secondary N) is 2. The topological polar surface area (TPSA) is 73.9 Å². The minimum atomic E-state index is 0.0206. The lowest BCUT2D eigenvalue weighted by Crippen LogP contribution is -2.48. The summed E-state index contributed by atoms with van der Waals surface area (Å²) in [6.45, 7) is 2.70. The molecule has 2 fully saturated rings. The number of urea groups is 1. The fourth-order valence-corrected chi connectivity index (χ4v) is 3.46. The normalized spacial score (nSPS) is 24.0. The predicted molar refractivity (Wildman–Crippen MR) is 79.8 cm³/mol. The van der Waals surface area contributed by atoms with Gasteiger partial charge in [0.15, 0.2) is 5.82 Å². The first kappa shape index (κ1) is 14.4. The highest BCUT2D eigenvalue weighted by Crippen LogP contribution is 2.29. The second kappa shape index (κ2) is 6.45. The number of rotatable bonds is 2. The fraction of sp³-hybridized carbons (Fsp3) is 0.800. The molecule has 1 saturated heterocycles. The van der Waals surface area contributed by atoms with E-state index >= 15 is 0 Å². The zero-order valence-corrected chi connectivity index (χ0v) is 12.8. The van der Waals surface area contributed by atoms with Gasteiger partial charge in [0.1, 0.15) is 5.82 Å². The van der Waals surface area contributed by atoms with Gasteiger partial charge in [-0.05, 0) is 39.0 Å². The van der Waals surface area contributed by atoms with Crippen LogP contribution in [-0.2, 0) is 0 Å². The summed E-state index contributed by atoms with van der Waals surface area (Å²) in [4.78, 5) is 19.0. The number of aryl methyl sites for hydroxylation is 1. The van der Waals surface area contributed by atoms with Crippen LogP contribution in [-0.4, -0.2) is 38.7 Å². The minimum absolute atomic E-state index is 0.0206. The number of H-pyrrole nitrogens is 1. The van der Waals surface area contributed by atoms with Crippen molar-refractivity contribution in [2.45, 2.75) is 70.4 Å². The summed E-state index contributed by atoms with van der Waals surface area (Å²) in [7, 11) is 0. The lowest BCUT2D eigenvalue weighted by molar-refractivity contribution is 0.142. The zero-order chi connectivity index (χ0) is 14.7. The molecule has 1 aromatic rings. The van der Waals surface area contributed by atoms with E-state index < -0.39 is 0 Å². The first-order valence-corrected chi connectivity index (χ1v) is 8.20. The van der Waals surface area contributed by atoms with Crippen molar-refractivity contribution in [2.75, 3.05) is 6.54 Å². The average Bonchev–Trinajstić information content (AvgIpc) is 2.95. The fourth-order valence-electron chi connectivity index (χ4n) is 3.46. The summed E-state index contributed by atoms with van der Waals surface area (Å²) in [5.41, 5.74) is 0. The van der Waals surface area contributed by atoms with E-state index in [0.29, 0.717) is 6.04 Å². The third-order valence-corrected chi connectivity index (χ3v) is 4.61. The van der Waals surface area contributed by atoms with Gasteiger partial charge in [-0.15, -0.1) is 0 Å². The van der Waals surface area contributed by atoms with E-state index in [1.54, 1.807) is 0 Å². The van der Waals surface area contributed by atoms with Crippen molar-refractivity contribution in [3.05, 3.63) is 11.6 Å². The van der Waals surface area contributed by atoms with Crippen LogP contribution in [0.3, 0.4) is 0 Å². The number of piperidine rings is 1. The highest BCUT2D eigenvalue weighted by atomic mass is 16.2. The maximum absolute atomic E-state index is 12.6. The van der Waals surface area contributed by atoms with Crippen LogP contribution < -0.4 is 5.32 Å². The Bertz CT molecular complexity index is 480. The van der Waals surface area contributed by atoms with Crippen molar-refractivity contribution in [3.8, 4) is 0 Å². The molecule has 0 bridgehead atoms. The van der Waals surface area contributed by atoms with Crippen LogP contribution in [0.1, 0.15) is 69.1 Å². The third-order valence-electron chi connectivity index (χ3n) is 4.61. The lowest BCUT2D eigenvalue weighted by atomic mass is 9.95. The minimum Gasteiger partial charge on any atom is -0.335 e. The molecule has 1 aromatic heterocycles. The Morgan fingerprint density at radius 3 is 2.67 bits per heavy atom. The number of aromatic amines is 1. The van der Waals surface area contributed by atoms with Gasteiger partial charge in [-0.25, -0.2) is 9.78 Å². The van der Waals surface area contributed by atoms with Gasteiger partial charge in [-0.1, -0.05) is 19.3 Å². The van der Waals surface area contributed by atoms with Crippen LogP contribution in [0.25, 0.3) is 0 Å². The van der Waals surface area contributed by atoms with Gasteiger partial charge in [-0.3, -0.25) is 5.10 Å². The maximum Gasteiger partial charge on any atom is 0.318 e. The largest absolute Gasteiger partial charge is 0.335 e. The lowest BCUT2D eigenvalue weighted by Gasteiger charge is -2.35. The van der Waals surface area contributed by atoms with E-state index in [4.69, 9.17) is 0 Å². The summed E-state index contributed by atoms with van der Waals surface area (Å²) >= 11 is 0. The van der Waals surface area contributed by atoms with Crippen LogP contribution in [0.15, 0.2) is 0 Å². The van der Waals surface area contributed by atoms with E-state index in [1.165, 1.54) is 19.3 Å². The first-order valence-electron chi connectivity index (χ1n) is 8.20. The van der Waals surface area contributed by atoms with Crippen molar-refractivity contribution in [1.82, 2.24) is 25.4 Å². The van der Waals surface area contributed by atoms with Gasteiger partial charge in [0.05, 0.1) is 6.04 Å². The number of hydrogen-bond donors (Lipinski definition) is 2. The molecule has 21 heavy (non-hydrogen) atoms. The van der Waals surface area contributed by atoms with Crippen molar-refractivity contribution in [3.63, 3.8) is 0 Å². The van der Waals surface area contributed by atoms with Crippen molar-refractivity contribution in [1.29, 1.82) is 0 Å². The number of amides is 2. The predicted octanol–water partition coefficient (Wildman–Crippen LogP) is 2.68. The van der Waals surface area contributed by atoms with Crippen LogP contribution in [0.4, 0.5) is 4.79 Å². The second-order valence-electron chi connectivity index (χ2n) is 6.27. The van der Waals surface area contributed by atoms with Crippen molar-refractivity contribution in [2.24, 2.45) is 0 Å². The van der Waals surface area contributed by atoms with E-state index in [-0.39, 0.29) is 12.1 Å². The van der Waals surface area contributed by atoms with Gasteiger partial charge in [-0.2, -0.15) is 5.10 Å². The molecule has 1 aliphatic carbocycles. The van der Waals surface area contributed by atoms with Crippen molar-refractivity contribution < 1.29 is 4.79 Å².